The van der Waals surface area contributed by atoms with Crippen LogP contribution in [0.15, 0.2) is 48.6 Å². The first-order valence-corrected chi connectivity index (χ1v) is 5.33. The Labute approximate surface area is 106 Å². The number of aromatic hydroxyl groups is 1. The number of carbonyl (C=O) groups is 2. The molecule has 0 radical (unpaired) electrons. The predicted octanol–water partition coefficient (Wildman–Crippen LogP) is 2.40. The van der Waals surface area contributed by atoms with E-state index in [4.69, 9.17) is 0 Å². The van der Waals surface area contributed by atoms with Gasteiger partial charge in [-0.25, -0.2) is 4.90 Å². The molecule has 1 aromatic rings. The van der Waals surface area contributed by atoms with Gasteiger partial charge in [0.25, 0.3) is 11.8 Å². The number of benzene rings is 1. The first-order valence-electron chi connectivity index (χ1n) is 5.33. The molecule has 0 aliphatic rings. The number of phenols is 1. The van der Waals surface area contributed by atoms with Gasteiger partial charge in [-0.3, -0.25) is 9.59 Å². The van der Waals surface area contributed by atoms with Crippen LogP contribution in [0.4, 0.5) is 5.69 Å². The van der Waals surface area contributed by atoms with E-state index in [2.05, 4.69) is 13.2 Å². The van der Waals surface area contributed by atoms with Crippen molar-refractivity contribution >= 4 is 17.5 Å². The van der Waals surface area contributed by atoms with Crippen molar-refractivity contribution in [3.05, 3.63) is 48.6 Å². The van der Waals surface area contributed by atoms with Crippen LogP contribution in [0.3, 0.4) is 0 Å². The summed E-state index contributed by atoms with van der Waals surface area (Å²) < 4.78 is 0. The van der Waals surface area contributed by atoms with Crippen molar-refractivity contribution < 1.29 is 14.7 Å². The molecule has 0 spiro atoms. The molecular formula is C14H15NO3. The van der Waals surface area contributed by atoms with E-state index in [1.165, 1.54) is 26.0 Å². The second kappa shape index (κ2) is 5.31. The van der Waals surface area contributed by atoms with Crippen LogP contribution < -0.4 is 4.90 Å². The summed E-state index contributed by atoms with van der Waals surface area (Å²) in [5.41, 5.74) is 0.747. The summed E-state index contributed by atoms with van der Waals surface area (Å²) in [4.78, 5) is 24.9. The molecule has 0 aliphatic carbocycles. The molecule has 94 valence electrons. The Bertz CT molecular complexity index is 506. The van der Waals surface area contributed by atoms with Crippen LogP contribution in [0.2, 0.25) is 0 Å². The van der Waals surface area contributed by atoms with Gasteiger partial charge in [0.05, 0.1) is 5.69 Å². The van der Waals surface area contributed by atoms with Gasteiger partial charge in [0.15, 0.2) is 0 Å². The standard InChI is InChI=1S/C14H15NO3/c1-9(2)13(17)15(14(18)10(3)4)11-6-5-7-12(16)8-11/h5-8,16H,1,3H2,2,4H3. The summed E-state index contributed by atoms with van der Waals surface area (Å²) in [7, 11) is 0. The molecule has 0 heterocycles. The van der Waals surface area contributed by atoms with E-state index in [-0.39, 0.29) is 22.6 Å². The minimum absolute atomic E-state index is 0.0264. The zero-order valence-electron chi connectivity index (χ0n) is 10.4. The molecule has 0 fully saturated rings. The molecule has 4 nitrogen and oxygen atoms in total. The number of phenolic OH excluding ortho intramolecular Hbond substituents is 1. The number of carbonyl (C=O) groups excluding carboxylic acids is 2. The van der Waals surface area contributed by atoms with Gasteiger partial charge in [-0.1, -0.05) is 19.2 Å². The van der Waals surface area contributed by atoms with E-state index in [1.807, 2.05) is 0 Å². The Balaban J connectivity index is 3.29. The van der Waals surface area contributed by atoms with E-state index >= 15 is 0 Å². The molecule has 1 aromatic carbocycles. The SMILES string of the molecule is C=C(C)C(=O)N(C(=O)C(=C)C)c1cccc(O)c1. The van der Waals surface area contributed by atoms with E-state index in [1.54, 1.807) is 12.1 Å². The lowest BCUT2D eigenvalue weighted by Gasteiger charge is -2.21. The van der Waals surface area contributed by atoms with Crippen molar-refractivity contribution in [3.63, 3.8) is 0 Å². The predicted molar refractivity (Wildman–Crippen MR) is 70.2 cm³/mol. The number of nitrogens with zero attached hydrogens (tertiary/aromatic N) is 1. The lowest BCUT2D eigenvalue weighted by Crippen LogP contribution is -2.37. The second-order valence-electron chi connectivity index (χ2n) is 4.03. The third-order valence-electron chi connectivity index (χ3n) is 2.22. The summed E-state index contributed by atoms with van der Waals surface area (Å²) in [5, 5.41) is 9.41. The van der Waals surface area contributed by atoms with Crippen molar-refractivity contribution in [2.75, 3.05) is 4.90 Å². The Morgan fingerprint density at radius 1 is 1.11 bits per heavy atom. The monoisotopic (exact) mass is 245 g/mol. The van der Waals surface area contributed by atoms with Crippen LogP contribution in [-0.4, -0.2) is 16.9 Å². The maximum atomic E-state index is 12.0. The fourth-order valence-electron chi connectivity index (χ4n) is 1.34. The number of hydrogen-bond donors (Lipinski definition) is 1. The maximum absolute atomic E-state index is 12.0. The second-order valence-corrected chi connectivity index (χ2v) is 4.03. The Hall–Kier alpha value is -2.36. The number of hydrogen-bond acceptors (Lipinski definition) is 3. The highest BCUT2D eigenvalue weighted by molar-refractivity contribution is 6.24. The average molecular weight is 245 g/mol. The van der Waals surface area contributed by atoms with Gasteiger partial charge >= 0.3 is 0 Å². The van der Waals surface area contributed by atoms with Gasteiger partial charge in [-0.15, -0.1) is 0 Å². The number of anilines is 1. The summed E-state index contributed by atoms with van der Waals surface area (Å²) >= 11 is 0. The normalized spacial score (nSPS) is 9.67. The zero-order chi connectivity index (χ0) is 13.9. The summed E-state index contributed by atoms with van der Waals surface area (Å²) in [5.74, 6) is -1.07. The largest absolute Gasteiger partial charge is 0.508 e. The molecule has 0 unspecified atom stereocenters. The topological polar surface area (TPSA) is 57.6 Å². The van der Waals surface area contributed by atoms with Crippen LogP contribution in [0.1, 0.15) is 13.8 Å². The van der Waals surface area contributed by atoms with E-state index in [0.29, 0.717) is 0 Å². The van der Waals surface area contributed by atoms with Gasteiger partial charge < -0.3 is 5.11 Å². The van der Waals surface area contributed by atoms with E-state index in [9.17, 15) is 14.7 Å². The van der Waals surface area contributed by atoms with Gasteiger partial charge in [-0.2, -0.15) is 0 Å². The van der Waals surface area contributed by atoms with Crippen molar-refractivity contribution in [3.8, 4) is 5.75 Å². The van der Waals surface area contributed by atoms with Gasteiger partial charge in [0, 0.05) is 17.2 Å². The minimum Gasteiger partial charge on any atom is -0.508 e. The van der Waals surface area contributed by atoms with Crippen molar-refractivity contribution in [2.24, 2.45) is 0 Å². The first kappa shape index (κ1) is 13.7. The Morgan fingerprint density at radius 2 is 1.61 bits per heavy atom. The molecule has 0 aromatic heterocycles. The molecule has 0 atom stereocenters. The average Bonchev–Trinajstić information content (AvgIpc) is 2.28. The lowest BCUT2D eigenvalue weighted by molar-refractivity contribution is -0.122. The highest BCUT2D eigenvalue weighted by Gasteiger charge is 2.24. The molecule has 1 rings (SSSR count). The van der Waals surface area contributed by atoms with Crippen molar-refractivity contribution in [1.82, 2.24) is 0 Å². The molecule has 0 bridgehead atoms. The zero-order valence-corrected chi connectivity index (χ0v) is 10.4. The maximum Gasteiger partial charge on any atom is 0.260 e. The summed E-state index contributed by atoms with van der Waals surface area (Å²) in [6, 6.07) is 5.90. The van der Waals surface area contributed by atoms with Crippen molar-refractivity contribution in [2.45, 2.75) is 13.8 Å². The molecule has 18 heavy (non-hydrogen) atoms. The summed E-state index contributed by atoms with van der Waals surface area (Å²) in [6.07, 6.45) is 0. The number of imide groups is 1. The van der Waals surface area contributed by atoms with Crippen LogP contribution in [0, 0.1) is 0 Å². The molecule has 4 heteroatoms. The molecule has 0 aliphatic heterocycles. The van der Waals surface area contributed by atoms with Crippen LogP contribution >= 0.6 is 0 Å². The third kappa shape index (κ3) is 2.85. The molecule has 0 saturated heterocycles. The molecular weight excluding hydrogens is 230 g/mol. The fourth-order valence-corrected chi connectivity index (χ4v) is 1.34. The number of amides is 2. The van der Waals surface area contributed by atoms with Crippen LogP contribution in [0.5, 0.6) is 5.75 Å². The highest BCUT2D eigenvalue weighted by Crippen LogP contribution is 2.22. The quantitative estimate of drug-likeness (QED) is 0.832. The van der Waals surface area contributed by atoms with Crippen molar-refractivity contribution in [1.29, 1.82) is 0 Å². The van der Waals surface area contributed by atoms with Gasteiger partial charge in [0.2, 0.25) is 0 Å². The lowest BCUT2D eigenvalue weighted by atomic mass is 10.2. The Kier molecular flexibility index (Phi) is 4.05. The first-order chi connectivity index (χ1) is 8.34. The third-order valence-corrected chi connectivity index (χ3v) is 2.22. The highest BCUT2D eigenvalue weighted by atomic mass is 16.3. The van der Waals surface area contributed by atoms with Crippen LogP contribution in [-0.2, 0) is 9.59 Å². The van der Waals surface area contributed by atoms with E-state index < -0.39 is 11.8 Å². The van der Waals surface area contributed by atoms with Gasteiger partial charge in [0.1, 0.15) is 5.75 Å². The minimum atomic E-state index is -0.520. The van der Waals surface area contributed by atoms with E-state index in [0.717, 1.165) is 4.90 Å². The fraction of sp³-hybridized carbons (Fsp3) is 0.143. The molecule has 0 saturated carbocycles. The van der Waals surface area contributed by atoms with Crippen LogP contribution in [0.25, 0.3) is 0 Å². The molecule has 2 amide bonds. The molecule has 1 N–H and O–H groups in total. The number of rotatable bonds is 3. The van der Waals surface area contributed by atoms with Gasteiger partial charge in [-0.05, 0) is 26.0 Å². The Morgan fingerprint density at radius 3 is 2.00 bits per heavy atom. The summed E-state index contributed by atoms with van der Waals surface area (Å²) in [6.45, 7) is 10.1. The smallest absolute Gasteiger partial charge is 0.260 e.